The zero-order valence-electron chi connectivity index (χ0n) is 17.0. The summed E-state index contributed by atoms with van der Waals surface area (Å²) < 4.78 is 10.1. The number of rotatable bonds is 17. The molecule has 0 aromatic rings. The van der Waals surface area contributed by atoms with Crippen LogP contribution in [0.15, 0.2) is 0 Å². The van der Waals surface area contributed by atoms with Crippen LogP contribution in [-0.2, 0) is 28.7 Å². The van der Waals surface area contributed by atoms with Crippen LogP contribution < -0.4 is 0 Å². The van der Waals surface area contributed by atoms with Crippen molar-refractivity contribution in [3.63, 3.8) is 0 Å². The average molecular weight is 402 g/mol. The molecule has 0 aliphatic rings. The SMILES string of the molecule is CCC(=O)OCC(CCCCCCCCCC(=O)O)(COC(=O)CC)C(=O)O. The Balaban J connectivity index is 4.48. The van der Waals surface area contributed by atoms with Crippen LogP contribution in [0, 0.1) is 5.41 Å². The van der Waals surface area contributed by atoms with Crippen LogP contribution in [0.1, 0.15) is 84.5 Å². The van der Waals surface area contributed by atoms with E-state index in [4.69, 9.17) is 14.6 Å². The van der Waals surface area contributed by atoms with Crippen LogP contribution in [0.4, 0.5) is 0 Å². The van der Waals surface area contributed by atoms with Crippen LogP contribution in [0.25, 0.3) is 0 Å². The third kappa shape index (κ3) is 11.6. The van der Waals surface area contributed by atoms with Gasteiger partial charge in [-0.2, -0.15) is 0 Å². The summed E-state index contributed by atoms with van der Waals surface area (Å²) >= 11 is 0. The standard InChI is InChI=1S/C20H34O8/c1-3-17(23)27-14-20(19(25)26,15-28-18(24)4-2)13-11-9-7-5-6-8-10-12-16(21)22/h3-15H2,1-2H3,(H,21,22)(H,25,26). The Bertz CT molecular complexity index is 480. The summed E-state index contributed by atoms with van der Waals surface area (Å²) in [5.74, 6) is -2.91. The van der Waals surface area contributed by atoms with E-state index in [1.165, 1.54) is 0 Å². The van der Waals surface area contributed by atoms with Gasteiger partial charge >= 0.3 is 23.9 Å². The normalized spacial score (nSPS) is 11.1. The van der Waals surface area contributed by atoms with Gasteiger partial charge in [-0.3, -0.25) is 19.2 Å². The molecule has 0 bridgehead atoms. The van der Waals surface area contributed by atoms with Gasteiger partial charge in [-0.25, -0.2) is 0 Å². The highest BCUT2D eigenvalue weighted by atomic mass is 16.6. The minimum absolute atomic E-state index is 0.145. The van der Waals surface area contributed by atoms with Crippen molar-refractivity contribution in [2.75, 3.05) is 13.2 Å². The minimum atomic E-state index is -1.43. The number of hydrogen-bond donors (Lipinski definition) is 2. The lowest BCUT2D eigenvalue weighted by Gasteiger charge is -2.28. The van der Waals surface area contributed by atoms with E-state index < -0.39 is 29.3 Å². The van der Waals surface area contributed by atoms with Crippen molar-refractivity contribution in [3.8, 4) is 0 Å². The Labute approximate surface area is 166 Å². The lowest BCUT2D eigenvalue weighted by atomic mass is 9.84. The Morgan fingerprint density at radius 1 is 0.714 bits per heavy atom. The summed E-state index contributed by atoms with van der Waals surface area (Å²) in [6.45, 7) is 2.61. The topological polar surface area (TPSA) is 127 Å². The molecule has 0 heterocycles. The number of hydrogen-bond acceptors (Lipinski definition) is 6. The molecule has 0 rings (SSSR count). The Kier molecular flexibility index (Phi) is 13.8. The number of carbonyl (C=O) groups excluding carboxylic acids is 2. The molecule has 0 unspecified atom stereocenters. The highest BCUT2D eigenvalue weighted by molar-refractivity contribution is 5.77. The average Bonchev–Trinajstić information content (AvgIpc) is 2.66. The van der Waals surface area contributed by atoms with Crippen molar-refractivity contribution in [1.82, 2.24) is 0 Å². The molecule has 0 aromatic heterocycles. The van der Waals surface area contributed by atoms with E-state index in [1.807, 2.05) is 0 Å². The fraction of sp³-hybridized carbons (Fsp3) is 0.800. The maximum absolute atomic E-state index is 11.9. The Morgan fingerprint density at radius 3 is 1.54 bits per heavy atom. The lowest BCUT2D eigenvalue weighted by molar-refractivity contribution is -0.168. The molecule has 8 heteroatoms. The molecule has 0 aliphatic heterocycles. The van der Waals surface area contributed by atoms with Crippen molar-refractivity contribution in [3.05, 3.63) is 0 Å². The van der Waals surface area contributed by atoms with Gasteiger partial charge in [-0.05, 0) is 12.8 Å². The summed E-state index contributed by atoms with van der Waals surface area (Å²) in [6.07, 6.45) is 6.48. The Morgan fingerprint density at radius 2 is 1.14 bits per heavy atom. The fourth-order valence-corrected chi connectivity index (χ4v) is 2.68. The number of carbonyl (C=O) groups is 4. The first-order valence-corrected chi connectivity index (χ1v) is 10.0. The van der Waals surface area contributed by atoms with E-state index in [0.717, 1.165) is 32.1 Å². The van der Waals surface area contributed by atoms with Gasteiger partial charge in [0.15, 0.2) is 0 Å². The van der Waals surface area contributed by atoms with Crippen molar-refractivity contribution >= 4 is 23.9 Å². The van der Waals surface area contributed by atoms with Gasteiger partial charge in [-0.15, -0.1) is 0 Å². The summed E-state index contributed by atoms with van der Waals surface area (Å²) in [7, 11) is 0. The molecule has 2 N–H and O–H groups in total. The molecule has 0 saturated heterocycles. The maximum atomic E-state index is 11.9. The monoisotopic (exact) mass is 402 g/mol. The van der Waals surface area contributed by atoms with Crippen molar-refractivity contribution in [2.45, 2.75) is 84.5 Å². The summed E-state index contributed by atoms with van der Waals surface area (Å²) in [6, 6.07) is 0. The molecule has 0 fully saturated rings. The smallest absolute Gasteiger partial charge is 0.316 e. The number of carboxylic acid groups (broad SMARTS) is 2. The molecule has 0 spiro atoms. The van der Waals surface area contributed by atoms with Gasteiger partial charge in [0.2, 0.25) is 0 Å². The van der Waals surface area contributed by atoms with Crippen molar-refractivity contribution < 1.29 is 38.9 Å². The molecule has 0 aromatic carbocycles. The second-order valence-corrected chi connectivity index (χ2v) is 6.98. The number of ether oxygens (including phenoxy) is 2. The second kappa shape index (κ2) is 14.9. The van der Waals surface area contributed by atoms with E-state index in [-0.39, 0.29) is 38.9 Å². The quantitative estimate of drug-likeness (QED) is 0.279. The summed E-state index contributed by atoms with van der Waals surface area (Å²) in [5, 5.41) is 18.3. The van der Waals surface area contributed by atoms with Gasteiger partial charge < -0.3 is 19.7 Å². The number of aliphatic carboxylic acids is 2. The molecule has 0 radical (unpaired) electrons. The van der Waals surface area contributed by atoms with Crippen LogP contribution in [-0.4, -0.2) is 47.3 Å². The number of esters is 2. The maximum Gasteiger partial charge on any atom is 0.316 e. The summed E-state index contributed by atoms with van der Waals surface area (Å²) in [5.41, 5.74) is -1.43. The number of unbranched alkanes of at least 4 members (excludes halogenated alkanes) is 6. The molecular weight excluding hydrogens is 368 g/mol. The van der Waals surface area contributed by atoms with Crippen LogP contribution in [0.3, 0.4) is 0 Å². The van der Waals surface area contributed by atoms with E-state index in [9.17, 15) is 24.3 Å². The van der Waals surface area contributed by atoms with Gasteiger partial charge in [0.1, 0.15) is 18.6 Å². The zero-order chi connectivity index (χ0) is 21.4. The summed E-state index contributed by atoms with van der Waals surface area (Å²) in [4.78, 5) is 45.2. The van der Waals surface area contributed by atoms with E-state index >= 15 is 0 Å². The fourth-order valence-electron chi connectivity index (χ4n) is 2.68. The first-order valence-electron chi connectivity index (χ1n) is 10.0. The molecule has 0 aliphatic carbocycles. The Hall–Kier alpha value is -2.12. The van der Waals surface area contributed by atoms with Crippen molar-refractivity contribution in [1.29, 1.82) is 0 Å². The molecule has 0 atom stereocenters. The molecule has 162 valence electrons. The molecular formula is C20H34O8. The molecule has 28 heavy (non-hydrogen) atoms. The van der Waals surface area contributed by atoms with Crippen LogP contribution in [0.5, 0.6) is 0 Å². The predicted octanol–water partition coefficient (Wildman–Crippen LogP) is 3.56. The minimum Gasteiger partial charge on any atom is -0.481 e. The van der Waals surface area contributed by atoms with Gasteiger partial charge in [0, 0.05) is 19.3 Å². The molecule has 0 amide bonds. The first kappa shape index (κ1) is 25.9. The molecule has 0 saturated carbocycles. The first-order chi connectivity index (χ1) is 13.3. The van der Waals surface area contributed by atoms with Crippen LogP contribution >= 0.6 is 0 Å². The highest BCUT2D eigenvalue weighted by Crippen LogP contribution is 2.28. The van der Waals surface area contributed by atoms with Crippen LogP contribution in [0.2, 0.25) is 0 Å². The number of carboxylic acids is 2. The van der Waals surface area contributed by atoms with Crippen molar-refractivity contribution in [2.24, 2.45) is 5.41 Å². The second-order valence-electron chi connectivity index (χ2n) is 6.98. The molecule has 8 nitrogen and oxygen atoms in total. The predicted molar refractivity (Wildman–Crippen MR) is 102 cm³/mol. The van der Waals surface area contributed by atoms with Gasteiger partial charge in [-0.1, -0.05) is 52.4 Å². The van der Waals surface area contributed by atoms with Gasteiger partial charge in [0.25, 0.3) is 0 Å². The third-order valence-corrected chi connectivity index (χ3v) is 4.60. The van der Waals surface area contributed by atoms with E-state index in [1.54, 1.807) is 13.8 Å². The highest BCUT2D eigenvalue weighted by Gasteiger charge is 2.41. The largest absolute Gasteiger partial charge is 0.481 e. The lowest BCUT2D eigenvalue weighted by Crippen LogP contribution is -2.41. The van der Waals surface area contributed by atoms with Gasteiger partial charge in [0.05, 0.1) is 0 Å². The zero-order valence-corrected chi connectivity index (χ0v) is 17.0. The van der Waals surface area contributed by atoms with E-state index in [0.29, 0.717) is 12.8 Å². The van der Waals surface area contributed by atoms with E-state index in [2.05, 4.69) is 0 Å². The third-order valence-electron chi connectivity index (χ3n) is 4.60.